The van der Waals surface area contributed by atoms with Crippen LogP contribution in [-0.4, -0.2) is 11.9 Å². The molecule has 1 amide bonds. The molecule has 106 valence electrons. The van der Waals surface area contributed by atoms with E-state index in [9.17, 15) is 4.79 Å². The zero-order chi connectivity index (χ0) is 14.5. The van der Waals surface area contributed by atoms with Gasteiger partial charge in [0.1, 0.15) is 11.8 Å². The van der Waals surface area contributed by atoms with Crippen LogP contribution in [0.4, 0.5) is 5.69 Å². The topological polar surface area (TPSA) is 54.3 Å². The smallest absolute Gasteiger partial charge is 0.242 e. The van der Waals surface area contributed by atoms with Crippen LogP contribution in [0.1, 0.15) is 23.8 Å². The first-order chi connectivity index (χ1) is 9.56. The van der Waals surface area contributed by atoms with E-state index in [4.69, 9.17) is 4.42 Å². The van der Waals surface area contributed by atoms with Gasteiger partial charge in [0.05, 0.1) is 12.8 Å². The summed E-state index contributed by atoms with van der Waals surface area (Å²) in [5.41, 5.74) is 3.33. The lowest BCUT2D eigenvalue weighted by Crippen LogP contribution is -2.37. The van der Waals surface area contributed by atoms with Crippen molar-refractivity contribution < 1.29 is 9.21 Å². The second-order valence-corrected chi connectivity index (χ2v) is 4.98. The highest BCUT2D eigenvalue weighted by atomic mass is 16.3. The predicted octanol–water partition coefficient (Wildman–Crippen LogP) is 3.01. The number of amides is 1. The molecule has 2 N–H and O–H groups in total. The SMILES string of the molecule is Cc1ccc(NC(C)C(=O)NCc2ccco2)c(C)c1. The number of carbonyl (C=O) groups excluding carboxylic acids is 1. The van der Waals surface area contributed by atoms with Gasteiger partial charge in [0.2, 0.25) is 5.91 Å². The van der Waals surface area contributed by atoms with Gasteiger partial charge in [-0.1, -0.05) is 17.7 Å². The number of aryl methyl sites for hydroxylation is 2. The van der Waals surface area contributed by atoms with Crippen LogP contribution < -0.4 is 10.6 Å². The molecule has 0 radical (unpaired) electrons. The van der Waals surface area contributed by atoms with Gasteiger partial charge in [-0.3, -0.25) is 4.79 Å². The van der Waals surface area contributed by atoms with Gasteiger partial charge in [0.15, 0.2) is 0 Å². The number of hydrogen-bond acceptors (Lipinski definition) is 3. The second kappa shape index (κ2) is 6.28. The molecule has 1 unspecified atom stereocenters. The number of benzene rings is 1. The van der Waals surface area contributed by atoms with E-state index in [1.54, 1.807) is 12.3 Å². The van der Waals surface area contributed by atoms with Crippen LogP contribution in [0.3, 0.4) is 0 Å². The molecule has 2 rings (SSSR count). The summed E-state index contributed by atoms with van der Waals surface area (Å²) >= 11 is 0. The molecule has 1 atom stereocenters. The Bertz CT molecular complexity index is 576. The Labute approximate surface area is 119 Å². The van der Waals surface area contributed by atoms with Gasteiger partial charge in [-0.2, -0.15) is 0 Å². The first-order valence-electron chi connectivity index (χ1n) is 6.70. The summed E-state index contributed by atoms with van der Waals surface area (Å²) in [6.45, 7) is 6.33. The third kappa shape index (κ3) is 3.63. The molecule has 0 spiro atoms. The molecule has 0 aliphatic heterocycles. The summed E-state index contributed by atoms with van der Waals surface area (Å²) < 4.78 is 5.18. The van der Waals surface area contributed by atoms with E-state index in [1.807, 2.05) is 32.0 Å². The van der Waals surface area contributed by atoms with Crippen molar-refractivity contribution in [3.8, 4) is 0 Å². The molecule has 4 nitrogen and oxygen atoms in total. The van der Waals surface area contributed by atoms with Gasteiger partial charge in [-0.05, 0) is 44.5 Å². The highest BCUT2D eigenvalue weighted by molar-refractivity contribution is 5.84. The Morgan fingerprint density at radius 3 is 2.75 bits per heavy atom. The van der Waals surface area contributed by atoms with Gasteiger partial charge in [0, 0.05) is 5.69 Å². The van der Waals surface area contributed by atoms with Crippen LogP contribution in [0.2, 0.25) is 0 Å². The molecule has 2 aromatic rings. The fourth-order valence-electron chi connectivity index (χ4n) is 2.01. The summed E-state index contributed by atoms with van der Waals surface area (Å²) in [6, 6.07) is 9.47. The van der Waals surface area contributed by atoms with E-state index in [0.717, 1.165) is 17.0 Å². The molecular formula is C16H20N2O2. The number of rotatable bonds is 5. The fraction of sp³-hybridized carbons (Fsp3) is 0.312. The van der Waals surface area contributed by atoms with Crippen LogP contribution in [0.15, 0.2) is 41.0 Å². The Hall–Kier alpha value is -2.23. The lowest BCUT2D eigenvalue weighted by molar-refractivity contribution is -0.121. The zero-order valence-corrected chi connectivity index (χ0v) is 12.1. The van der Waals surface area contributed by atoms with Crippen molar-refractivity contribution in [1.29, 1.82) is 0 Å². The molecule has 20 heavy (non-hydrogen) atoms. The summed E-state index contributed by atoms with van der Waals surface area (Å²) in [5, 5.41) is 6.07. The minimum absolute atomic E-state index is 0.0543. The Kier molecular flexibility index (Phi) is 4.45. The zero-order valence-electron chi connectivity index (χ0n) is 12.1. The van der Waals surface area contributed by atoms with Gasteiger partial charge in [-0.15, -0.1) is 0 Å². The molecule has 0 fully saturated rings. The first kappa shape index (κ1) is 14.2. The lowest BCUT2D eigenvalue weighted by atomic mass is 10.1. The highest BCUT2D eigenvalue weighted by Crippen LogP contribution is 2.17. The first-order valence-corrected chi connectivity index (χ1v) is 6.70. The standard InChI is InChI=1S/C16H20N2O2/c1-11-6-7-15(12(2)9-11)18-13(3)16(19)17-10-14-5-4-8-20-14/h4-9,13,18H,10H2,1-3H3,(H,17,19). The van der Waals surface area contributed by atoms with E-state index in [0.29, 0.717) is 6.54 Å². The third-order valence-corrected chi connectivity index (χ3v) is 3.16. The predicted molar refractivity (Wildman–Crippen MR) is 79.6 cm³/mol. The maximum absolute atomic E-state index is 12.0. The van der Waals surface area contributed by atoms with Crippen molar-refractivity contribution >= 4 is 11.6 Å². The quantitative estimate of drug-likeness (QED) is 0.879. The largest absolute Gasteiger partial charge is 0.467 e. The number of anilines is 1. The highest BCUT2D eigenvalue weighted by Gasteiger charge is 2.13. The molecule has 0 aliphatic rings. The Balaban J connectivity index is 1.90. The molecule has 0 aliphatic carbocycles. The molecule has 0 saturated carbocycles. The molecule has 0 bridgehead atoms. The Morgan fingerprint density at radius 2 is 2.10 bits per heavy atom. The number of hydrogen-bond donors (Lipinski definition) is 2. The maximum atomic E-state index is 12.0. The van der Waals surface area contributed by atoms with Crippen molar-refractivity contribution in [3.05, 3.63) is 53.5 Å². The van der Waals surface area contributed by atoms with Crippen molar-refractivity contribution in [2.75, 3.05) is 5.32 Å². The van der Waals surface area contributed by atoms with Gasteiger partial charge >= 0.3 is 0 Å². The Morgan fingerprint density at radius 1 is 1.30 bits per heavy atom. The average molecular weight is 272 g/mol. The minimum Gasteiger partial charge on any atom is -0.467 e. The molecule has 4 heteroatoms. The molecular weight excluding hydrogens is 252 g/mol. The second-order valence-electron chi connectivity index (χ2n) is 4.98. The third-order valence-electron chi connectivity index (χ3n) is 3.16. The van der Waals surface area contributed by atoms with Crippen LogP contribution in [0, 0.1) is 13.8 Å². The van der Waals surface area contributed by atoms with E-state index in [2.05, 4.69) is 23.6 Å². The lowest BCUT2D eigenvalue weighted by Gasteiger charge is -2.17. The van der Waals surface area contributed by atoms with Crippen LogP contribution >= 0.6 is 0 Å². The van der Waals surface area contributed by atoms with Gasteiger partial charge in [-0.25, -0.2) is 0 Å². The van der Waals surface area contributed by atoms with Gasteiger partial charge in [0.25, 0.3) is 0 Å². The normalized spacial score (nSPS) is 11.9. The van der Waals surface area contributed by atoms with E-state index >= 15 is 0 Å². The minimum atomic E-state index is -0.300. The molecule has 0 saturated heterocycles. The van der Waals surface area contributed by atoms with Crippen LogP contribution in [-0.2, 0) is 11.3 Å². The van der Waals surface area contributed by atoms with Gasteiger partial charge < -0.3 is 15.1 Å². The van der Waals surface area contributed by atoms with E-state index in [-0.39, 0.29) is 11.9 Å². The van der Waals surface area contributed by atoms with E-state index in [1.165, 1.54) is 5.56 Å². The van der Waals surface area contributed by atoms with Crippen molar-refractivity contribution in [2.24, 2.45) is 0 Å². The van der Waals surface area contributed by atoms with E-state index < -0.39 is 0 Å². The van der Waals surface area contributed by atoms with Crippen LogP contribution in [0.25, 0.3) is 0 Å². The average Bonchev–Trinajstić information content (AvgIpc) is 2.92. The fourth-order valence-corrected chi connectivity index (χ4v) is 2.01. The van der Waals surface area contributed by atoms with Crippen molar-refractivity contribution in [2.45, 2.75) is 33.4 Å². The monoisotopic (exact) mass is 272 g/mol. The maximum Gasteiger partial charge on any atom is 0.242 e. The molecule has 1 aromatic heterocycles. The van der Waals surface area contributed by atoms with Crippen molar-refractivity contribution in [3.63, 3.8) is 0 Å². The molecule has 1 heterocycles. The molecule has 1 aromatic carbocycles. The number of carbonyl (C=O) groups is 1. The summed E-state index contributed by atoms with van der Waals surface area (Å²) in [5.74, 6) is 0.693. The number of nitrogens with one attached hydrogen (secondary N) is 2. The van der Waals surface area contributed by atoms with Crippen molar-refractivity contribution in [1.82, 2.24) is 5.32 Å². The summed E-state index contributed by atoms with van der Waals surface area (Å²) in [4.78, 5) is 12.0. The summed E-state index contributed by atoms with van der Waals surface area (Å²) in [7, 11) is 0. The number of furan rings is 1. The van der Waals surface area contributed by atoms with Crippen LogP contribution in [0.5, 0.6) is 0 Å². The summed E-state index contributed by atoms with van der Waals surface area (Å²) in [6.07, 6.45) is 1.60.